The summed E-state index contributed by atoms with van der Waals surface area (Å²) in [5, 5.41) is 0. The van der Waals surface area contributed by atoms with E-state index in [9.17, 15) is 0 Å². The Hall–Kier alpha value is -0.520. The van der Waals surface area contributed by atoms with Gasteiger partial charge < -0.3 is 0 Å². The fraction of sp³-hybridized carbons (Fsp3) is 0.733. The van der Waals surface area contributed by atoms with E-state index in [1.54, 1.807) is 11.1 Å². The van der Waals surface area contributed by atoms with Crippen LogP contribution >= 0.6 is 0 Å². The van der Waals surface area contributed by atoms with Gasteiger partial charge >= 0.3 is 0 Å². The molecule has 0 heterocycles. The van der Waals surface area contributed by atoms with E-state index in [1.807, 2.05) is 0 Å². The van der Waals surface area contributed by atoms with Gasteiger partial charge in [0.1, 0.15) is 0 Å². The highest BCUT2D eigenvalue weighted by molar-refractivity contribution is 5.23. The maximum Gasteiger partial charge on any atom is -0.0118 e. The van der Waals surface area contributed by atoms with Crippen LogP contribution in [0.3, 0.4) is 0 Å². The van der Waals surface area contributed by atoms with Crippen molar-refractivity contribution in [3.05, 3.63) is 23.3 Å². The van der Waals surface area contributed by atoms with Crippen molar-refractivity contribution in [3.8, 4) is 0 Å². The quantitative estimate of drug-likeness (QED) is 0.501. The number of hydrogen-bond acceptors (Lipinski definition) is 0. The van der Waals surface area contributed by atoms with Crippen molar-refractivity contribution in [3.63, 3.8) is 0 Å². The van der Waals surface area contributed by atoms with Gasteiger partial charge in [-0.3, -0.25) is 0 Å². The van der Waals surface area contributed by atoms with E-state index >= 15 is 0 Å². The highest BCUT2D eigenvalue weighted by atomic mass is 14.6. The molecule has 0 nitrogen and oxygen atoms in total. The first-order valence-electron chi connectivity index (χ1n) is 6.36. The SMILES string of the molecule is C/C1=C/CC/C=C(\C)C2C(CC1)C2(C)C. The third kappa shape index (κ3) is 2.04. The third-order valence-electron chi connectivity index (χ3n) is 4.52. The molecule has 0 bridgehead atoms. The molecule has 2 aliphatic rings. The number of fused-ring (bicyclic) bond motifs is 1. The minimum absolute atomic E-state index is 0.575. The summed E-state index contributed by atoms with van der Waals surface area (Å²) in [5.41, 5.74) is 3.83. The summed E-state index contributed by atoms with van der Waals surface area (Å²) < 4.78 is 0. The van der Waals surface area contributed by atoms with E-state index in [0.717, 1.165) is 11.8 Å². The molecule has 0 aliphatic heterocycles. The molecule has 0 aromatic carbocycles. The van der Waals surface area contributed by atoms with Gasteiger partial charge in [-0.25, -0.2) is 0 Å². The molecule has 2 unspecified atom stereocenters. The van der Waals surface area contributed by atoms with E-state index in [-0.39, 0.29) is 0 Å². The van der Waals surface area contributed by atoms with Gasteiger partial charge in [0, 0.05) is 0 Å². The number of rotatable bonds is 0. The lowest BCUT2D eigenvalue weighted by atomic mass is 10.0. The zero-order valence-corrected chi connectivity index (χ0v) is 10.6. The van der Waals surface area contributed by atoms with Gasteiger partial charge in [0.05, 0.1) is 0 Å². The van der Waals surface area contributed by atoms with E-state index in [4.69, 9.17) is 0 Å². The first-order chi connectivity index (χ1) is 7.03. The van der Waals surface area contributed by atoms with Gasteiger partial charge in [-0.15, -0.1) is 0 Å². The molecule has 15 heavy (non-hydrogen) atoms. The van der Waals surface area contributed by atoms with Gasteiger partial charge in [-0.2, -0.15) is 0 Å². The minimum atomic E-state index is 0.575. The average molecular weight is 204 g/mol. The second kappa shape index (κ2) is 3.81. The molecular weight excluding hydrogens is 180 g/mol. The van der Waals surface area contributed by atoms with Crippen LogP contribution in [0.25, 0.3) is 0 Å². The Kier molecular flexibility index (Phi) is 2.79. The standard InChI is InChI=1S/C15H24/c1-11-7-5-6-8-12(2)14-13(10-9-11)15(14,3)4/h7-8,13-14H,5-6,9-10H2,1-4H3/b11-7-,12-8+. The molecule has 0 saturated heterocycles. The van der Waals surface area contributed by atoms with Crippen molar-refractivity contribution in [2.45, 2.75) is 53.4 Å². The van der Waals surface area contributed by atoms with E-state index in [2.05, 4.69) is 39.8 Å². The fourth-order valence-corrected chi connectivity index (χ4v) is 3.44. The van der Waals surface area contributed by atoms with Crippen LogP contribution in [0.1, 0.15) is 53.4 Å². The number of allylic oxidation sites excluding steroid dienone is 4. The molecule has 0 amide bonds. The van der Waals surface area contributed by atoms with Crippen LogP contribution in [0.5, 0.6) is 0 Å². The smallest absolute Gasteiger partial charge is 0.0118 e. The monoisotopic (exact) mass is 204 g/mol. The molecule has 0 N–H and O–H groups in total. The van der Waals surface area contributed by atoms with Crippen molar-refractivity contribution < 1.29 is 0 Å². The summed E-state index contributed by atoms with van der Waals surface area (Å²) >= 11 is 0. The maximum absolute atomic E-state index is 2.47. The minimum Gasteiger partial charge on any atom is -0.0853 e. The zero-order chi connectivity index (χ0) is 11.1. The average Bonchev–Trinajstić information content (AvgIpc) is 2.72. The lowest BCUT2D eigenvalue weighted by Gasteiger charge is -2.05. The summed E-state index contributed by atoms with van der Waals surface area (Å²) in [6.45, 7) is 9.51. The zero-order valence-electron chi connectivity index (χ0n) is 10.6. The van der Waals surface area contributed by atoms with Crippen LogP contribution in [0.4, 0.5) is 0 Å². The molecule has 1 saturated carbocycles. The Morgan fingerprint density at radius 2 is 1.80 bits per heavy atom. The summed E-state index contributed by atoms with van der Waals surface area (Å²) in [5.74, 6) is 1.82. The molecule has 0 aromatic rings. The lowest BCUT2D eigenvalue weighted by molar-refractivity contribution is 0.527. The summed E-state index contributed by atoms with van der Waals surface area (Å²) in [6.07, 6.45) is 10.1. The molecule has 0 spiro atoms. The Labute approximate surface area is 94.5 Å². The first kappa shape index (κ1) is 11.0. The molecule has 0 heteroatoms. The third-order valence-corrected chi connectivity index (χ3v) is 4.52. The Morgan fingerprint density at radius 3 is 2.53 bits per heavy atom. The van der Waals surface area contributed by atoms with E-state index in [1.165, 1.54) is 25.7 Å². The topological polar surface area (TPSA) is 0 Å². The predicted octanol–water partition coefficient (Wildman–Crippen LogP) is 4.73. The van der Waals surface area contributed by atoms with Crippen molar-refractivity contribution in [2.24, 2.45) is 17.3 Å². The maximum atomic E-state index is 2.47. The fourth-order valence-electron chi connectivity index (χ4n) is 3.44. The molecule has 84 valence electrons. The van der Waals surface area contributed by atoms with Gasteiger partial charge in [-0.05, 0) is 56.8 Å². The Morgan fingerprint density at radius 1 is 1.13 bits per heavy atom. The largest absolute Gasteiger partial charge is 0.0853 e. The number of hydrogen-bond donors (Lipinski definition) is 0. The van der Waals surface area contributed by atoms with Crippen molar-refractivity contribution in [2.75, 3.05) is 0 Å². The van der Waals surface area contributed by atoms with Crippen LogP contribution in [-0.4, -0.2) is 0 Å². The Balaban J connectivity index is 2.14. The van der Waals surface area contributed by atoms with Crippen molar-refractivity contribution >= 4 is 0 Å². The lowest BCUT2D eigenvalue weighted by Crippen LogP contribution is -1.91. The predicted molar refractivity (Wildman–Crippen MR) is 66.7 cm³/mol. The van der Waals surface area contributed by atoms with Crippen LogP contribution in [-0.2, 0) is 0 Å². The van der Waals surface area contributed by atoms with Crippen LogP contribution < -0.4 is 0 Å². The first-order valence-corrected chi connectivity index (χ1v) is 6.36. The molecule has 2 atom stereocenters. The van der Waals surface area contributed by atoms with Crippen LogP contribution in [0.15, 0.2) is 23.3 Å². The Bertz CT molecular complexity index is 304. The van der Waals surface area contributed by atoms with Gasteiger partial charge in [-0.1, -0.05) is 37.1 Å². The molecule has 0 aromatic heterocycles. The highest BCUT2D eigenvalue weighted by Gasteiger charge is 2.57. The van der Waals surface area contributed by atoms with Gasteiger partial charge in [0.15, 0.2) is 0 Å². The molecule has 0 radical (unpaired) electrons. The van der Waals surface area contributed by atoms with Gasteiger partial charge in [0.2, 0.25) is 0 Å². The molecular formula is C15H24. The molecule has 2 rings (SSSR count). The van der Waals surface area contributed by atoms with E-state index < -0.39 is 0 Å². The van der Waals surface area contributed by atoms with Crippen molar-refractivity contribution in [1.82, 2.24) is 0 Å². The van der Waals surface area contributed by atoms with E-state index in [0.29, 0.717) is 5.41 Å². The summed E-state index contributed by atoms with van der Waals surface area (Å²) in [6, 6.07) is 0. The van der Waals surface area contributed by atoms with Crippen molar-refractivity contribution in [1.29, 1.82) is 0 Å². The van der Waals surface area contributed by atoms with Gasteiger partial charge in [0.25, 0.3) is 0 Å². The highest BCUT2D eigenvalue weighted by Crippen LogP contribution is 2.63. The second-order valence-corrected chi connectivity index (χ2v) is 6.02. The summed E-state index contributed by atoms with van der Waals surface area (Å²) in [7, 11) is 0. The second-order valence-electron chi connectivity index (χ2n) is 6.02. The van der Waals surface area contributed by atoms with Crippen LogP contribution in [0, 0.1) is 17.3 Å². The molecule has 1 fully saturated rings. The normalized spacial score (nSPS) is 41.9. The molecule has 2 aliphatic carbocycles. The van der Waals surface area contributed by atoms with Crippen LogP contribution in [0.2, 0.25) is 0 Å². The summed E-state index contributed by atoms with van der Waals surface area (Å²) in [4.78, 5) is 0.